The molecule has 104 valence electrons. The fourth-order valence-electron chi connectivity index (χ4n) is 2.32. The third-order valence-electron chi connectivity index (χ3n) is 3.64. The SMILES string of the molecule is C=COC(C)OC(C)O[C@H]1C(C)=CCC(C)C1C. The second kappa shape index (κ2) is 6.95. The van der Waals surface area contributed by atoms with Crippen molar-refractivity contribution in [3.8, 4) is 0 Å². The number of rotatable bonds is 6. The molecular formula is C15H26O3. The zero-order chi connectivity index (χ0) is 13.7. The summed E-state index contributed by atoms with van der Waals surface area (Å²) in [5.74, 6) is 1.16. The molecule has 0 aromatic carbocycles. The summed E-state index contributed by atoms with van der Waals surface area (Å²) in [7, 11) is 0. The maximum atomic E-state index is 6.00. The molecule has 0 saturated carbocycles. The third kappa shape index (κ3) is 4.14. The van der Waals surface area contributed by atoms with Crippen LogP contribution in [0.2, 0.25) is 0 Å². The lowest BCUT2D eigenvalue weighted by Crippen LogP contribution is -2.35. The van der Waals surface area contributed by atoms with Gasteiger partial charge in [-0.3, -0.25) is 0 Å². The van der Waals surface area contributed by atoms with Crippen LogP contribution in [-0.2, 0) is 14.2 Å². The van der Waals surface area contributed by atoms with E-state index in [1.807, 2.05) is 13.8 Å². The van der Waals surface area contributed by atoms with Crippen LogP contribution in [0.15, 0.2) is 24.5 Å². The summed E-state index contributed by atoms with van der Waals surface area (Å²) in [6.07, 6.45) is 4.30. The first-order valence-corrected chi connectivity index (χ1v) is 6.69. The maximum Gasteiger partial charge on any atom is 0.198 e. The van der Waals surface area contributed by atoms with Crippen molar-refractivity contribution < 1.29 is 14.2 Å². The first-order chi connectivity index (χ1) is 8.45. The molecule has 1 aliphatic carbocycles. The lowest BCUT2D eigenvalue weighted by Gasteiger charge is -2.35. The zero-order valence-electron chi connectivity index (χ0n) is 12.2. The van der Waals surface area contributed by atoms with E-state index in [0.29, 0.717) is 11.8 Å². The van der Waals surface area contributed by atoms with Gasteiger partial charge in [0, 0.05) is 0 Å². The zero-order valence-corrected chi connectivity index (χ0v) is 12.2. The van der Waals surface area contributed by atoms with Gasteiger partial charge in [0.1, 0.15) is 0 Å². The van der Waals surface area contributed by atoms with Crippen molar-refractivity contribution in [3.63, 3.8) is 0 Å². The van der Waals surface area contributed by atoms with Crippen molar-refractivity contribution in [1.82, 2.24) is 0 Å². The van der Waals surface area contributed by atoms with E-state index in [1.54, 1.807) is 0 Å². The van der Waals surface area contributed by atoms with Gasteiger partial charge in [-0.1, -0.05) is 26.5 Å². The molecule has 0 fully saturated rings. The quantitative estimate of drug-likeness (QED) is 0.409. The van der Waals surface area contributed by atoms with Gasteiger partial charge in [0.25, 0.3) is 0 Å². The van der Waals surface area contributed by atoms with Crippen LogP contribution >= 0.6 is 0 Å². The van der Waals surface area contributed by atoms with Crippen molar-refractivity contribution in [2.45, 2.75) is 59.7 Å². The predicted octanol–water partition coefficient (Wildman–Crippen LogP) is 3.86. The molecule has 3 heteroatoms. The molecule has 0 amide bonds. The molecule has 0 heterocycles. The topological polar surface area (TPSA) is 27.7 Å². The first kappa shape index (κ1) is 15.3. The van der Waals surface area contributed by atoms with Gasteiger partial charge in [0.15, 0.2) is 12.6 Å². The molecule has 3 nitrogen and oxygen atoms in total. The fourth-order valence-corrected chi connectivity index (χ4v) is 2.32. The number of allylic oxidation sites excluding steroid dienone is 1. The molecule has 0 spiro atoms. The first-order valence-electron chi connectivity index (χ1n) is 6.69. The standard InChI is InChI=1S/C15H26O3/c1-7-16-13(5)17-14(6)18-15-11(3)9-8-10(2)12(15)4/h7,9-10,12-15H,1,8H2,2-6H3/t10?,12?,13?,14?,15-/m0/s1. The molecule has 4 unspecified atom stereocenters. The minimum atomic E-state index is -0.335. The Morgan fingerprint density at radius 2 is 2.00 bits per heavy atom. The summed E-state index contributed by atoms with van der Waals surface area (Å²) in [6, 6.07) is 0. The van der Waals surface area contributed by atoms with E-state index in [4.69, 9.17) is 14.2 Å². The van der Waals surface area contributed by atoms with Gasteiger partial charge in [-0.05, 0) is 44.6 Å². The lowest BCUT2D eigenvalue weighted by molar-refractivity contribution is -0.233. The van der Waals surface area contributed by atoms with Crippen LogP contribution in [0, 0.1) is 11.8 Å². The molecule has 1 aliphatic rings. The Morgan fingerprint density at radius 3 is 2.61 bits per heavy atom. The van der Waals surface area contributed by atoms with Crippen LogP contribution in [-0.4, -0.2) is 18.7 Å². The number of hydrogen-bond acceptors (Lipinski definition) is 3. The average Bonchev–Trinajstić information content (AvgIpc) is 2.30. The van der Waals surface area contributed by atoms with E-state index in [1.165, 1.54) is 11.8 Å². The second-order valence-corrected chi connectivity index (χ2v) is 5.15. The Labute approximate surface area is 111 Å². The Hall–Kier alpha value is -0.800. The monoisotopic (exact) mass is 254 g/mol. The van der Waals surface area contributed by atoms with Gasteiger partial charge in [0.2, 0.25) is 0 Å². The molecular weight excluding hydrogens is 228 g/mol. The summed E-state index contributed by atoms with van der Waals surface area (Å²) in [4.78, 5) is 0. The summed E-state index contributed by atoms with van der Waals surface area (Å²) in [5, 5.41) is 0. The van der Waals surface area contributed by atoms with Crippen LogP contribution < -0.4 is 0 Å². The molecule has 0 aliphatic heterocycles. The Kier molecular flexibility index (Phi) is 5.89. The van der Waals surface area contributed by atoms with E-state index in [2.05, 4.69) is 33.4 Å². The minimum absolute atomic E-state index is 0.139. The van der Waals surface area contributed by atoms with Gasteiger partial charge in [-0.25, -0.2) is 0 Å². The van der Waals surface area contributed by atoms with Gasteiger partial charge in [-0.15, -0.1) is 0 Å². The number of ether oxygens (including phenoxy) is 3. The molecule has 0 bridgehead atoms. The fraction of sp³-hybridized carbons (Fsp3) is 0.733. The highest BCUT2D eigenvalue weighted by Crippen LogP contribution is 2.32. The smallest absolute Gasteiger partial charge is 0.198 e. The molecule has 0 aromatic rings. The van der Waals surface area contributed by atoms with Crippen LogP contribution in [0.3, 0.4) is 0 Å². The molecule has 0 aromatic heterocycles. The van der Waals surface area contributed by atoms with Gasteiger partial charge in [0.05, 0.1) is 12.4 Å². The average molecular weight is 254 g/mol. The highest BCUT2D eigenvalue weighted by molar-refractivity contribution is 5.11. The Bertz CT molecular complexity index is 298. The molecule has 1 rings (SSSR count). The van der Waals surface area contributed by atoms with Crippen molar-refractivity contribution in [3.05, 3.63) is 24.5 Å². The molecule has 5 atom stereocenters. The van der Waals surface area contributed by atoms with Crippen molar-refractivity contribution in [2.75, 3.05) is 0 Å². The maximum absolute atomic E-state index is 6.00. The lowest BCUT2D eigenvalue weighted by atomic mass is 9.80. The van der Waals surface area contributed by atoms with Crippen molar-refractivity contribution in [1.29, 1.82) is 0 Å². The summed E-state index contributed by atoms with van der Waals surface area (Å²) < 4.78 is 16.7. The van der Waals surface area contributed by atoms with Crippen LogP contribution in [0.1, 0.15) is 41.0 Å². The van der Waals surface area contributed by atoms with E-state index < -0.39 is 0 Å². The predicted molar refractivity (Wildman–Crippen MR) is 72.9 cm³/mol. The van der Waals surface area contributed by atoms with Crippen LogP contribution in [0.4, 0.5) is 0 Å². The molecule has 0 N–H and O–H groups in total. The summed E-state index contributed by atoms with van der Waals surface area (Å²) in [5.41, 5.74) is 1.30. The van der Waals surface area contributed by atoms with Gasteiger partial charge < -0.3 is 14.2 Å². The van der Waals surface area contributed by atoms with Crippen molar-refractivity contribution in [2.24, 2.45) is 11.8 Å². The van der Waals surface area contributed by atoms with E-state index >= 15 is 0 Å². The van der Waals surface area contributed by atoms with Crippen LogP contribution in [0.5, 0.6) is 0 Å². The largest absolute Gasteiger partial charge is 0.473 e. The second-order valence-electron chi connectivity index (χ2n) is 5.15. The Morgan fingerprint density at radius 1 is 1.33 bits per heavy atom. The van der Waals surface area contributed by atoms with E-state index in [0.717, 1.165) is 6.42 Å². The third-order valence-corrected chi connectivity index (χ3v) is 3.64. The minimum Gasteiger partial charge on any atom is -0.473 e. The van der Waals surface area contributed by atoms with Gasteiger partial charge >= 0.3 is 0 Å². The Balaban J connectivity index is 2.52. The van der Waals surface area contributed by atoms with Crippen molar-refractivity contribution >= 4 is 0 Å². The molecule has 0 saturated heterocycles. The number of hydrogen-bond donors (Lipinski definition) is 0. The van der Waals surface area contributed by atoms with Gasteiger partial charge in [-0.2, -0.15) is 0 Å². The van der Waals surface area contributed by atoms with E-state index in [-0.39, 0.29) is 18.7 Å². The highest BCUT2D eigenvalue weighted by atomic mass is 16.8. The molecule has 0 radical (unpaired) electrons. The normalized spacial score (nSPS) is 31.4. The van der Waals surface area contributed by atoms with E-state index in [9.17, 15) is 0 Å². The highest BCUT2D eigenvalue weighted by Gasteiger charge is 2.29. The molecule has 18 heavy (non-hydrogen) atoms. The summed E-state index contributed by atoms with van der Waals surface area (Å²) >= 11 is 0. The van der Waals surface area contributed by atoms with Crippen LogP contribution in [0.25, 0.3) is 0 Å². The summed E-state index contributed by atoms with van der Waals surface area (Å²) in [6.45, 7) is 13.9.